The van der Waals surface area contributed by atoms with Gasteiger partial charge in [-0.1, -0.05) is 13.3 Å². The summed E-state index contributed by atoms with van der Waals surface area (Å²) < 4.78 is 29.7. The van der Waals surface area contributed by atoms with Gasteiger partial charge in [-0.3, -0.25) is 4.90 Å². The third-order valence-corrected chi connectivity index (χ3v) is 8.32. The summed E-state index contributed by atoms with van der Waals surface area (Å²) >= 11 is 0. The maximum atomic E-state index is 12.8. The van der Waals surface area contributed by atoms with Crippen molar-refractivity contribution in [3.05, 3.63) is 35.1 Å². The summed E-state index contributed by atoms with van der Waals surface area (Å²) in [6.07, 6.45) is 4.06. The van der Waals surface area contributed by atoms with Crippen LogP contribution in [-0.4, -0.2) is 70.3 Å². The summed E-state index contributed by atoms with van der Waals surface area (Å²) in [6.45, 7) is 7.06. The number of aryl methyl sites for hydroxylation is 1. The van der Waals surface area contributed by atoms with Gasteiger partial charge in [-0.05, 0) is 49.3 Å². The van der Waals surface area contributed by atoms with Crippen molar-refractivity contribution in [3.63, 3.8) is 0 Å². The van der Waals surface area contributed by atoms with E-state index in [-0.39, 0.29) is 17.9 Å². The minimum atomic E-state index is -0.766. The predicted molar refractivity (Wildman–Crippen MR) is 127 cm³/mol. The lowest BCUT2D eigenvalue weighted by molar-refractivity contribution is -0.297. The molecular weight excluding hydrogens is 436 g/mol. The molecule has 34 heavy (non-hydrogen) atoms. The van der Waals surface area contributed by atoms with E-state index in [0.29, 0.717) is 24.7 Å². The zero-order valence-corrected chi connectivity index (χ0v) is 20.8. The molecule has 4 aliphatic heterocycles. The quantitative estimate of drug-likeness (QED) is 0.398. The van der Waals surface area contributed by atoms with Gasteiger partial charge in [0.1, 0.15) is 11.4 Å². The number of fused-ring (bicyclic) bond motifs is 2. The maximum Gasteiger partial charge on any atom is 0.337 e. The first-order chi connectivity index (χ1) is 16.4. The molecule has 8 nitrogen and oxygen atoms in total. The Kier molecular flexibility index (Phi) is 6.02. The smallest absolute Gasteiger partial charge is 0.337 e. The Morgan fingerprint density at radius 1 is 1.26 bits per heavy atom. The van der Waals surface area contributed by atoms with Crippen LogP contribution in [0.3, 0.4) is 0 Å². The molecule has 1 aromatic rings. The zero-order chi connectivity index (χ0) is 24.1. The molecule has 0 aliphatic carbocycles. The Balaban J connectivity index is 1.61. The summed E-state index contributed by atoms with van der Waals surface area (Å²) in [6, 6.07) is 4.22. The third-order valence-electron chi connectivity index (χ3n) is 8.32. The van der Waals surface area contributed by atoms with Gasteiger partial charge in [0.15, 0.2) is 5.72 Å². The molecule has 4 heterocycles. The van der Waals surface area contributed by atoms with Gasteiger partial charge >= 0.3 is 5.97 Å². The Morgan fingerprint density at radius 2 is 2.06 bits per heavy atom. The molecule has 5 rings (SSSR count). The number of nitrogens with one attached hydrogen (secondary N) is 1. The topological polar surface area (TPSA) is 78.5 Å². The van der Waals surface area contributed by atoms with Gasteiger partial charge in [-0.15, -0.1) is 0 Å². The van der Waals surface area contributed by atoms with E-state index in [1.165, 1.54) is 7.11 Å². The number of carbonyl (C=O) groups excluding carboxylic acids is 1. The van der Waals surface area contributed by atoms with Crippen LogP contribution in [0.5, 0.6) is 5.75 Å². The fourth-order valence-electron chi connectivity index (χ4n) is 6.93. The largest absolute Gasteiger partial charge is 0.504 e. The Labute approximate surface area is 201 Å². The summed E-state index contributed by atoms with van der Waals surface area (Å²) in [5.74, 6) is 0.796. The molecule has 3 fully saturated rings. The number of anilines is 1. The fourth-order valence-corrected chi connectivity index (χ4v) is 6.93. The van der Waals surface area contributed by atoms with Crippen LogP contribution in [0, 0.1) is 18.8 Å². The lowest BCUT2D eigenvalue weighted by atomic mass is 9.67. The second-order valence-corrected chi connectivity index (χ2v) is 9.85. The van der Waals surface area contributed by atoms with E-state index in [1.807, 2.05) is 0 Å². The summed E-state index contributed by atoms with van der Waals surface area (Å²) in [5, 5.41) is 3.79. The van der Waals surface area contributed by atoms with Gasteiger partial charge in [0.25, 0.3) is 0 Å². The van der Waals surface area contributed by atoms with Crippen LogP contribution >= 0.6 is 0 Å². The number of carbonyl (C=O) groups is 1. The number of hydrogen-bond acceptors (Lipinski definition) is 8. The first kappa shape index (κ1) is 23.5. The molecule has 0 spiro atoms. The lowest BCUT2D eigenvalue weighted by Crippen LogP contribution is -2.75. The van der Waals surface area contributed by atoms with Crippen molar-refractivity contribution in [2.45, 2.75) is 50.5 Å². The molecule has 5 atom stereocenters. The van der Waals surface area contributed by atoms with Gasteiger partial charge in [0.2, 0.25) is 0 Å². The summed E-state index contributed by atoms with van der Waals surface area (Å²) in [5.41, 5.74) is 2.35. The molecule has 4 aliphatic rings. The molecule has 0 radical (unpaired) electrons. The molecule has 3 saturated heterocycles. The molecule has 0 aromatic heterocycles. The number of ether oxygens (including phenoxy) is 5. The van der Waals surface area contributed by atoms with Crippen LogP contribution in [0.25, 0.3) is 0 Å². The van der Waals surface area contributed by atoms with Crippen LogP contribution in [0.2, 0.25) is 0 Å². The Hall–Kier alpha value is -2.29. The highest BCUT2D eigenvalue weighted by Gasteiger charge is 2.70. The van der Waals surface area contributed by atoms with Gasteiger partial charge < -0.3 is 29.0 Å². The van der Waals surface area contributed by atoms with Gasteiger partial charge in [0, 0.05) is 18.8 Å². The van der Waals surface area contributed by atoms with Crippen molar-refractivity contribution < 1.29 is 28.5 Å². The molecule has 0 unspecified atom stereocenters. The van der Waals surface area contributed by atoms with E-state index >= 15 is 0 Å². The minimum absolute atomic E-state index is 0.00308. The number of hydrogen-bond donors (Lipinski definition) is 1. The second kappa shape index (κ2) is 8.73. The van der Waals surface area contributed by atoms with E-state index < -0.39 is 11.3 Å². The molecule has 8 heteroatoms. The predicted octanol–water partition coefficient (Wildman–Crippen LogP) is 3.19. The average Bonchev–Trinajstić information content (AvgIpc) is 3.16. The van der Waals surface area contributed by atoms with Gasteiger partial charge in [-0.2, -0.15) is 0 Å². The van der Waals surface area contributed by atoms with Crippen molar-refractivity contribution in [3.8, 4) is 5.75 Å². The number of benzene rings is 1. The zero-order valence-electron chi connectivity index (χ0n) is 20.8. The van der Waals surface area contributed by atoms with Crippen LogP contribution < -0.4 is 10.1 Å². The molecular formula is C26H36N2O6. The van der Waals surface area contributed by atoms with E-state index in [2.05, 4.69) is 36.2 Å². The first-order valence-electron chi connectivity index (χ1n) is 12.2. The molecule has 0 amide bonds. The second-order valence-electron chi connectivity index (χ2n) is 9.85. The van der Waals surface area contributed by atoms with E-state index in [0.717, 1.165) is 54.9 Å². The third kappa shape index (κ3) is 3.18. The minimum Gasteiger partial charge on any atom is -0.504 e. The first-order valence-corrected chi connectivity index (χ1v) is 12.2. The highest BCUT2D eigenvalue weighted by Crippen LogP contribution is 2.61. The van der Waals surface area contributed by atoms with Gasteiger partial charge in [0.05, 0.1) is 58.0 Å². The number of esters is 1. The van der Waals surface area contributed by atoms with Crippen LogP contribution in [0.1, 0.15) is 37.3 Å². The maximum absolute atomic E-state index is 12.8. The normalized spacial score (nSPS) is 34.7. The highest BCUT2D eigenvalue weighted by atomic mass is 16.6. The number of piperidine rings is 2. The van der Waals surface area contributed by atoms with Crippen molar-refractivity contribution in [1.29, 1.82) is 0 Å². The van der Waals surface area contributed by atoms with Crippen molar-refractivity contribution in [2.24, 2.45) is 11.8 Å². The number of methoxy groups -OCH3 is 3. The van der Waals surface area contributed by atoms with E-state index in [4.69, 9.17) is 23.7 Å². The Bertz CT molecular complexity index is 996. The van der Waals surface area contributed by atoms with Gasteiger partial charge in [-0.25, -0.2) is 4.79 Å². The van der Waals surface area contributed by atoms with Crippen LogP contribution in [0.15, 0.2) is 24.0 Å². The van der Waals surface area contributed by atoms with Crippen LogP contribution in [-0.2, 0) is 29.3 Å². The molecule has 186 valence electrons. The lowest BCUT2D eigenvalue weighted by Gasteiger charge is -2.61. The summed E-state index contributed by atoms with van der Waals surface area (Å²) in [7, 11) is 4.71. The number of rotatable bonds is 5. The monoisotopic (exact) mass is 472 g/mol. The molecule has 1 N–H and O–H groups in total. The standard InChI is InChI=1S/C26H36N2O6/c1-6-17-14-28-8-7-25-23-20(11-16(2)12-21(23)31-4)27-26(25,34-10-9-33-25)22(28)13-18(17)19(15-30-3)24(29)32-5/h11-12,15,17-18,22,27H,6-10,13-14H2,1-5H3/b19-15+/t17-,18+,22+,25+,26+/m1/s1. The van der Waals surface area contributed by atoms with Crippen molar-refractivity contribution in [2.75, 3.05) is 52.9 Å². The highest BCUT2D eigenvalue weighted by molar-refractivity contribution is 5.88. The molecule has 0 bridgehead atoms. The van der Waals surface area contributed by atoms with Crippen molar-refractivity contribution in [1.82, 2.24) is 4.90 Å². The summed E-state index contributed by atoms with van der Waals surface area (Å²) in [4.78, 5) is 15.3. The SMILES string of the molecule is CC[C@@H]1CN2CC[C@@]34OCCO[C@@]3(Nc3cc(C)cc(OC)c34)[C@@H]2C[C@@H]1/C(=C\OC)C(=O)OC. The van der Waals surface area contributed by atoms with E-state index in [9.17, 15) is 4.79 Å². The molecule has 1 aromatic carbocycles. The molecule has 0 saturated carbocycles. The number of nitrogens with zero attached hydrogens (tertiary/aromatic N) is 1. The van der Waals surface area contributed by atoms with E-state index in [1.54, 1.807) is 20.5 Å². The van der Waals surface area contributed by atoms with Crippen molar-refractivity contribution >= 4 is 11.7 Å². The van der Waals surface area contributed by atoms with Crippen LogP contribution in [0.4, 0.5) is 5.69 Å². The average molecular weight is 473 g/mol. The Morgan fingerprint density at radius 3 is 2.76 bits per heavy atom. The fraction of sp³-hybridized carbons (Fsp3) is 0.654.